The molecular weight excluding hydrogens is 240 g/mol. The van der Waals surface area contributed by atoms with Gasteiger partial charge in [-0.05, 0) is 51.2 Å². The van der Waals surface area contributed by atoms with Gasteiger partial charge >= 0.3 is 0 Å². The Bertz CT molecular complexity index is 392. The summed E-state index contributed by atoms with van der Waals surface area (Å²) in [6.45, 7) is 3.76. The quantitative estimate of drug-likeness (QED) is 0.671. The molecule has 0 atom stereocenters. The van der Waals surface area contributed by atoms with Gasteiger partial charge in [-0.25, -0.2) is 0 Å². The number of unbranched alkanes of at least 4 members (excludes halogenated alkanes) is 2. The number of aryl methyl sites for hydroxylation is 1. The van der Waals surface area contributed by atoms with Crippen molar-refractivity contribution in [3.63, 3.8) is 0 Å². The second kappa shape index (κ2) is 7.46. The van der Waals surface area contributed by atoms with Crippen LogP contribution in [-0.4, -0.2) is 29.3 Å². The molecule has 4 heteroatoms. The van der Waals surface area contributed by atoms with Crippen molar-refractivity contribution in [1.29, 1.82) is 0 Å². The zero-order valence-electron chi connectivity index (χ0n) is 11.7. The Kier molecular flexibility index (Phi) is 5.61. The molecular formula is C15H24N2O2. The molecule has 1 aliphatic rings. The number of rotatable bonds is 9. The first-order valence-electron chi connectivity index (χ1n) is 7.23. The first-order valence-corrected chi connectivity index (χ1v) is 7.23. The Labute approximate surface area is 115 Å². The van der Waals surface area contributed by atoms with E-state index in [-0.39, 0.29) is 6.61 Å². The fourth-order valence-electron chi connectivity index (χ4n) is 1.96. The lowest BCUT2D eigenvalue weighted by Gasteiger charge is -2.12. The Balaban J connectivity index is 1.82. The summed E-state index contributed by atoms with van der Waals surface area (Å²) < 4.78 is 5.81. The Morgan fingerprint density at radius 1 is 1.32 bits per heavy atom. The molecule has 0 radical (unpaired) electrons. The Morgan fingerprint density at radius 3 is 2.89 bits per heavy atom. The smallest absolute Gasteiger partial charge is 0.142 e. The van der Waals surface area contributed by atoms with Gasteiger partial charge in [-0.15, -0.1) is 0 Å². The lowest BCUT2D eigenvalue weighted by Crippen LogP contribution is -2.17. The maximum absolute atomic E-state index is 8.73. The third-order valence-corrected chi connectivity index (χ3v) is 3.27. The van der Waals surface area contributed by atoms with E-state index in [9.17, 15) is 0 Å². The van der Waals surface area contributed by atoms with Crippen LogP contribution in [0.5, 0.6) is 5.75 Å². The molecule has 1 aromatic heterocycles. The highest BCUT2D eigenvalue weighted by atomic mass is 16.5. The van der Waals surface area contributed by atoms with Gasteiger partial charge in [-0.3, -0.25) is 4.98 Å². The second-order valence-corrected chi connectivity index (χ2v) is 5.19. The zero-order chi connectivity index (χ0) is 13.5. The number of pyridine rings is 1. The van der Waals surface area contributed by atoms with Crippen molar-refractivity contribution < 1.29 is 9.84 Å². The molecule has 0 bridgehead atoms. The molecule has 1 aliphatic carbocycles. The van der Waals surface area contributed by atoms with Gasteiger partial charge in [-0.1, -0.05) is 0 Å². The third kappa shape index (κ3) is 5.17. The van der Waals surface area contributed by atoms with Crippen LogP contribution in [0.1, 0.15) is 43.5 Å². The van der Waals surface area contributed by atoms with E-state index in [4.69, 9.17) is 9.84 Å². The fraction of sp³-hybridized carbons (Fsp3) is 0.667. The molecule has 106 valence electrons. The molecule has 0 aromatic carbocycles. The van der Waals surface area contributed by atoms with Gasteiger partial charge in [0.2, 0.25) is 0 Å². The summed E-state index contributed by atoms with van der Waals surface area (Å²) >= 11 is 0. The van der Waals surface area contributed by atoms with Gasteiger partial charge < -0.3 is 15.2 Å². The van der Waals surface area contributed by atoms with Gasteiger partial charge in [0.05, 0.1) is 12.3 Å². The average Bonchev–Trinajstić information content (AvgIpc) is 3.22. The highest BCUT2D eigenvalue weighted by Crippen LogP contribution is 2.22. The van der Waals surface area contributed by atoms with Crippen LogP contribution in [0.2, 0.25) is 0 Å². The predicted molar refractivity (Wildman–Crippen MR) is 75.3 cm³/mol. The minimum Gasteiger partial charge on any atom is -0.492 e. The van der Waals surface area contributed by atoms with E-state index in [1.54, 1.807) is 0 Å². The minimum absolute atomic E-state index is 0.267. The molecule has 4 nitrogen and oxygen atoms in total. The van der Waals surface area contributed by atoms with Crippen LogP contribution >= 0.6 is 0 Å². The van der Waals surface area contributed by atoms with E-state index in [1.165, 1.54) is 12.8 Å². The number of nitrogens with one attached hydrogen (secondary N) is 1. The summed E-state index contributed by atoms with van der Waals surface area (Å²) in [6, 6.07) is 4.68. The maximum atomic E-state index is 8.73. The maximum Gasteiger partial charge on any atom is 0.142 e. The number of nitrogens with zero attached hydrogens (tertiary/aromatic N) is 1. The van der Waals surface area contributed by atoms with Gasteiger partial charge in [0.1, 0.15) is 5.75 Å². The summed E-state index contributed by atoms with van der Waals surface area (Å²) in [5, 5.41) is 12.2. The number of hydrogen-bond acceptors (Lipinski definition) is 4. The average molecular weight is 264 g/mol. The number of ether oxygens (including phenoxy) is 1. The first-order chi connectivity index (χ1) is 9.29. The van der Waals surface area contributed by atoms with Crippen LogP contribution in [0.4, 0.5) is 0 Å². The molecule has 0 spiro atoms. The summed E-state index contributed by atoms with van der Waals surface area (Å²) in [5.74, 6) is 0.891. The molecule has 0 aliphatic heterocycles. The van der Waals surface area contributed by atoms with Crippen LogP contribution in [0.15, 0.2) is 12.1 Å². The van der Waals surface area contributed by atoms with E-state index in [2.05, 4.69) is 10.3 Å². The van der Waals surface area contributed by atoms with Gasteiger partial charge in [-0.2, -0.15) is 0 Å². The Morgan fingerprint density at radius 2 is 2.16 bits per heavy atom. The van der Waals surface area contributed by atoms with Gasteiger partial charge in [0.25, 0.3) is 0 Å². The second-order valence-electron chi connectivity index (χ2n) is 5.19. The van der Waals surface area contributed by atoms with Crippen LogP contribution < -0.4 is 10.1 Å². The standard InChI is InChI=1S/C15H24N2O2/c1-12-5-8-15(19-10-4-2-3-9-18)14(17-12)11-16-13-6-7-13/h5,8,13,16,18H,2-4,6-7,9-11H2,1H3. The van der Waals surface area contributed by atoms with Crippen LogP contribution in [0.3, 0.4) is 0 Å². The summed E-state index contributed by atoms with van der Waals surface area (Å²) in [5.41, 5.74) is 2.04. The minimum atomic E-state index is 0.267. The summed E-state index contributed by atoms with van der Waals surface area (Å²) in [6.07, 6.45) is 5.40. The number of aliphatic hydroxyl groups excluding tert-OH is 1. The molecule has 2 N–H and O–H groups in total. The van der Waals surface area contributed by atoms with E-state index in [0.717, 1.165) is 42.9 Å². The van der Waals surface area contributed by atoms with E-state index >= 15 is 0 Å². The van der Waals surface area contributed by atoms with E-state index in [0.29, 0.717) is 12.6 Å². The van der Waals surface area contributed by atoms with Crippen molar-refractivity contribution in [2.75, 3.05) is 13.2 Å². The molecule has 1 fully saturated rings. The number of aliphatic hydroxyl groups is 1. The SMILES string of the molecule is Cc1ccc(OCCCCCO)c(CNC2CC2)n1. The molecule has 1 heterocycles. The lowest BCUT2D eigenvalue weighted by molar-refractivity contribution is 0.264. The molecule has 0 saturated heterocycles. The van der Waals surface area contributed by atoms with Crippen molar-refractivity contribution in [3.05, 3.63) is 23.5 Å². The highest BCUT2D eigenvalue weighted by Gasteiger charge is 2.21. The van der Waals surface area contributed by atoms with Gasteiger partial charge in [0.15, 0.2) is 0 Å². The molecule has 1 aromatic rings. The van der Waals surface area contributed by atoms with E-state index in [1.807, 2.05) is 19.1 Å². The molecule has 2 rings (SSSR count). The van der Waals surface area contributed by atoms with E-state index < -0.39 is 0 Å². The molecule has 19 heavy (non-hydrogen) atoms. The Hall–Kier alpha value is -1.13. The number of aromatic nitrogens is 1. The first kappa shape index (κ1) is 14.3. The van der Waals surface area contributed by atoms with Crippen LogP contribution in [0.25, 0.3) is 0 Å². The third-order valence-electron chi connectivity index (χ3n) is 3.27. The van der Waals surface area contributed by atoms with Crippen molar-refractivity contribution in [3.8, 4) is 5.75 Å². The van der Waals surface area contributed by atoms with Crippen molar-refractivity contribution in [2.45, 2.75) is 51.6 Å². The topological polar surface area (TPSA) is 54.4 Å². The summed E-state index contributed by atoms with van der Waals surface area (Å²) in [4.78, 5) is 4.56. The normalized spacial score (nSPS) is 14.6. The monoisotopic (exact) mass is 264 g/mol. The largest absolute Gasteiger partial charge is 0.492 e. The molecule has 1 saturated carbocycles. The lowest BCUT2D eigenvalue weighted by atomic mass is 10.2. The van der Waals surface area contributed by atoms with Crippen molar-refractivity contribution in [1.82, 2.24) is 10.3 Å². The fourth-order valence-corrected chi connectivity index (χ4v) is 1.96. The van der Waals surface area contributed by atoms with Crippen molar-refractivity contribution >= 4 is 0 Å². The summed E-state index contributed by atoms with van der Waals surface area (Å²) in [7, 11) is 0. The highest BCUT2D eigenvalue weighted by molar-refractivity contribution is 5.29. The van der Waals surface area contributed by atoms with Gasteiger partial charge in [0, 0.05) is 24.9 Å². The number of hydrogen-bond donors (Lipinski definition) is 2. The zero-order valence-corrected chi connectivity index (χ0v) is 11.7. The molecule has 0 amide bonds. The van der Waals surface area contributed by atoms with Crippen molar-refractivity contribution in [2.24, 2.45) is 0 Å². The molecule has 0 unspecified atom stereocenters. The van der Waals surface area contributed by atoms with Crippen LogP contribution in [0, 0.1) is 6.92 Å². The van der Waals surface area contributed by atoms with Crippen LogP contribution in [-0.2, 0) is 6.54 Å². The predicted octanol–water partition coefficient (Wildman–Crippen LogP) is 2.18.